The van der Waals surface area contributed by atoms with Crippen LogP contribution < -0.4 is 10.6 Å². The zero-order valence-electron chi connectivity index (χ0n) is 12.1. The first kappa shape index (κ1) is 15.2. The molecule has 0 bridgehead atoms. The van der Waals surface area contributed by atoms with Crippen LogP contribution in [0.25, 0.3) is 0 Å². The Hall–Kier alpha value is -0.830. The van der Waals surface area contributed by atoms with Crippen LogP contribution in [0.5, 0.6) is 0 Å². The fourth-order valence-electron chi connectivity index (χ4n) is 2.09. The van der Waals surface area contributed by atoms with Gasteiger partial charge in [0.1, 0.15) is 0 Å². The minimum atomic E-state index is -0.0926. The van der Waals surface area contributed by atoms with E-state index in [9.17, 15) is 4.79 Å². The summed E-state index contributed by atoms with van der Waals surface area (Å²) in [5, 5.41) is 6.25. The maximum Gasteiger partial charge on any atom is 0.234 e. The summed E-state index contributed by atoms with van der Waals surface area (Å²) in [6.45, 7) is 7.53. The molecule has 0 unspecified atom stereocenters. The third-order valence-corrected chi connectivity index (χ3v) is 3.66. The topological polar surface area (TPSA) is 41.1 Å². The smallest absolute Gasteiger partial charge is 0.234 e. The highest BCUT2D eigenvalue weighted by Gasteiger charge is 2.17. The molecule has 3 heteroatoms. The summed E-state index contributed by atoms with van der Waals surface area (Å²) < 4.78 is 0. The summed E-state index contributed by atoms with van der Waals surface area (Å²) in [4.78, 5) is 11.7. The minimum Gasteiger partial charge on any atom is -0.350 e. The predicted molar refractivity (Wildman–Crippen MR) is 76.6 cm³/mol. The van der Waals surface area contributed by atoms with Crippen molar-refractivity contribution < 1.29 is 4.79 Å². The Balaban J connectivity index is 2.10. The van der Waals surface area contributed by atoms with Crippen molar-refractivity contribution in [2.24, 2.45) is 0 Å². The number of carbonyl (C=O) groups excluding carboxylic acids is 1. The molecule has 0 atom stereocenters. The van der Waals surface area contributed by atoms with Crippen LogP contribution in [0.3, 0.4) is 0 Å². The first-order chi connectivity index (χ1) is 8.53. The first-order valence-electron chi connectivity index (χ1n) is 7.23. The van der Waals surface area contributed by atoms with E-state index in [1.165, 1.54) is 25.7 Å². The molecular weight excluding hydrogens is 224 g/mol. The number of nitrogens with one attached hydrogen (secondary N) is 2. The van der Waals surface area contributed by atoms with Crippen LogP contribution in [-0.4, -0.2) is 24.5 Å². The summed E-state index contributed by atoms with van der Waals surface area (Å²) >= 11 is 0. The van der Waals surface area contributed by atoms with Crippen molar-refractivity contribution in [2.45, 2.75) is 64.8 Å². The minimum absolute atomic E-state index is 0.0926. The Morgan fingerprint density at radius 3 is 2.78 bits per heavy atom. The molecule has 0 radical (unpaired) electrons. The average Bonchev–Trinajstić information content (AvgIpc) is 2.35. The molecule has 0 spiro atoms. The van der Waals surface area contributed by atoms with E-state index in [4.69, 9.17) is 0 Å². The Morgan fingerprint density at radius 1 is 1.39 bits per heavy atom. The van der Waals surface area contributed by atoms with Gasteiger partial charge in [-0.05, 0) is 58.9 Å². The number of hydrogen-bond acceptors (Lipinski definition) is 2. The van der Waals surface area contributed by atoms with Crippen LogP contribution >= 0.6 is 0 Å². The molecule has 104 valence electrons. The molecule has 0 aromatic heterocycles. The standard InChI is InChI=1S/C15H28N2O/c1-4-15(2,3)17-14(18)12-16-11-10-13-8-6-5-7-9-13/h8,16H,4-7,9-12H2,1-3H3,(H,17,18). The summed E-state index contributed by atoms with van der Waals surface area (Å²) in [5.41, 5.74) is 1.47. The lowest BCUT2D eigenvalue weighted by Crippen LogP contribution is -2.46. The number of rotatable bonds is 7. The van der Waals surface area contributed by atoms with Gasteiger partial charge in [-0.25, -0.2) is 0 Å². The van der Waals surface area contributed by atoms with Crippen molar-refractivity contribution in [2.75, 3.05) is 13.1 Å². The van der Waals surface area contributed by atoms with Crippen molar-refractivity contribution >= 4 is 5.91 Å². The van der Waals surface area contributed by atoms with E-state index in [0.29, 0.717) is 6.54 Å². The van der Waals surface area contributed by atoms with Gasteiger partial charge in [0.2, 0.25) is 5.91 Å². The molecule has 0 aliphatic heterocycles. The fraction of sp³-hybridized carbons (Fsp3) is 0.800. The second kappa shape index (κ2) is 7.57. The van der Waals surface area contributed by atoms with Crippen molar-refractivity contribution in [3.63, 3.8) is 0 Å². The molecule has 0 aromatic carbocycles. The molecule has 18 heavy (non-hydrogen) atoms. The molecule has 1 rings (SSSR count). The highest BCUT2D eigenvalue weighted by atomic mass is 16.2. The second-order valence-corrected chi connectivity index (χ2v) is 5.82. The lowest BCUT2D eigenvalue weighted by atomic mass is 9.97. The first-order valence-corrected chi connectivity index (χ1v) is 7.23. The van der Waals surface area contributed by atoms with Gasteiger partial charge < -0.3 is 10.6 Å². The molecule has 1 amide bonds. The van der Waals surface area contributed by atoms with Gasteiger partial charge in [0.15, 0.2) is 0 Å². The monoisotopic (exact) mass is 252 g/mol. The second-order valence-electron chi connectivity index (χ2n) is 5.82. The van der Waals surface area contributed by atoms with Crippen LogP contribution in [0.2, 0.25) is 0 Å². The van der Waals surface area contributed by atoms with E-state index in [0.717, 1.165) is 19.4 Å². The Bertz CT molecular complexity index is 295. The van der Waals surface area contributed by atoms with E-state index in [-0.39, 0.29) is 11.4 Å². The van der Waals surface area contributed by atoms with E-state index in [1.54, 1.807) is 5.57 Å². The molecule has 0 saturated heterocycles. The van der Waals surface area contributed by atoms with Crippen LogP contribution in [0, 0.1) is 0 Å². The lowest BCUT2D eigenvalue weighted by Gasteiger charge is -2.24. The predicted octanol–water partition coefficient (Wildman–Crippen LogP) is 2.77. The average molecular weight is 252 g/mol. The van der Waals surface area contributed by atoms with Gasteiger partial charge in [-0.1, -0.05) is 18.6 Å². The molecule has 2 N–H and O–H groups in total. The van der Waals surface area contributed by atoms with Crippen LogP contribution in [0.1, 0.15) is 59.3 Å². The van der Waals surface area contributed by atoms with Gasteiger partial charge in [-0.3, -0.25) is 4.79 Å². The van der Waals surface area contributed by atoms with Crippen LogP contribution in [0.4, 0.5) is 0 Å². The number of carbonyl (C=O) groups is 1. The molecular formula is C15H28N2O. The van der Waals surface area contributed by atoms with Gasteiger partial charge in [0.25, 0.3) is 0 Å². The molecule has 0 saturated carbocycles. The van der Waals surface area contributed by atoms with E-state index in [1.807, 2.05) is 0 Å². The van der Waals surface area contributed by atoms with Gasteiger partial charge in [-0.15, -0.1) is 0 Å². The highest BCUT2D eigenvalue weighted by molar-refractivity contribution is 5.78. The van der Waals surface area contributed by atoms with Gasteiger partial charge in [0.05, 0.1) is 6.54 Å². The van der Waals surface area contributed by atoms with Crippen molar-refractivity contribution in [3.8, 4) is 0 Å². The molecule has 3 nitrogen and oxygen atoms in total. The third-order valence-electron chi connectivity index (χ3n) is 3.66. The number of hydrogen-bond donors (Lipinski definition) is 2. The summed E-state index contributed by atoms with van der Waals surface area (Å²) in [6, 6.07) is 0. The Morgan fingerprint density at radius 2 is 2.17 bits per heavy atom. The van der Waals surface area contributed by atoms with E-state index < -0.39 is 0 Å². The van der Waals surface area contributed by atoms with E-state index in [2.05, 4.69) is 37.5 Å². The Kier molecular flexibility index (Phi) is 6.41. The maximum absolute atomic E-state index is 11.7. The maximum atomic E-state index is 11.7. The zero-order valence-corrected chi connectivity index (χ0v) is 12.1. The normalized spacial score (nSPS) is 16.3. The lowest BCUT2D eigenvalue weighted by molar-refractivity contribution is -0.121. The van der Waals surface area contributed by atoms with Gasteiger partial charge >= 0.3 is 0 Å². The number of amides is 1. The van der Waals surface area contributed by atoms with Gasteiger partial charge in [-0.2, -0.15) is 0 Å². The largest absolute Gasteiger partial charge is 0.350 e. The summed E-state index contributed by atoms with van der Waals surface area (Å²) in [7, 11) is 0. The summed E-state index contributed by atoms with van der Waals surface area (Å²) in [5.74, 6) is 0.0967. The Labute approximate surface area is 111 Å². The molecule has 0 aromatic rings. The highest BCUT2D eigenvalue weighted by Crippen LogP contribution is 2.19. The molecule has 0 fully saturated rings. The SMILES string of the molecule is CCC(C)(C)NC(=O)CNCCC1=CCCCC1. The third kappa shape index (κ3) is 6.20. The van der Waals surface area contributed by atoms with Gasteiger partial charge in [0, 0.05) is 5.54 Å². The zero-order chi connectivity index (χ0) is 13.4. The van der Waals surface area contributed by atoms with Crippen molar-refractivity contribution in [3.05, 3.63) is 11.6 Å². The van der Waals surface area contributed by atoms with Crippen molar-refractivity contribution in [1.82, 2.24) is 10.6 Å². The van der Waals surface area contributed by atoms with E-state index >= 15 is 0 Å². The fourth-order valence-corrected chi connectivity index (χ4v) is 2.09. The number of allylic oxidation sites excluding steroid dienone is 1. The van der Waals surface area contributed by atoms with Crippen molar-refractivity contribution in [1.29, 1.82) is 0 Å². The molecule has 1 aliphatic rings. The molecule has 0 heterocycles. The quantitative estimate of drug-likeness (QED) is 0.540. The van der Waals surface area contributed by atoms with Crippen LogP contribution in [0.15, 0.2) is 11.6 Å². The van der Waals surface area contributed by atoms with Crippen LogP contribution in [-0.2, 0) is 4.79 Å². The summed E-state index contributed by atoms with van der Waals surface area (Å²) in [6.07, 6.45) is 9.56. The molecule has 1 aliphatic carbocycles.